The van der Waals surface area contributed by atoms with Gasteiger partial charge >= 0.3 is 5.97 Å². The monoisotopic (exact) mass is 464 g/mol. The summed E-state index contributed by atoms with van der Waals surface area (Å²) in [5.41, 5.74) is 1.24. The van der Waals surface area contributed by atoms with E-state index in [1.54, 1.807) is 9.80 Å². The van der Waals surface area contributed by atoms with Gasteiger partial charge in [0.2, 0.25) is 0 Å². The van der Waals surface area contributed by atoms with Crippen LogP contribution < -0.4 is 4.90 Å². The zero-order valence-electron chi connectivity index (χ0n) is 16.6. The van der Waals surface area contributed by atoms with Crippen LogP contribution in [0.3, 0.4) is 0 Å². The van der Waals surface area contributed by atoms with Gasteiger partial charge in [-0.1, -0.05) is 17.7 Å². The summed E-state index contributed by atoms with van der Waals surface area (Å²) in [5, 5.41) is 0.665. The highest BCUT2D eigenvalue weighted by atomic mass is 35.5. The van der Waals surface area contributed by atoms with Gasteiger partial charge < -0.3 is 19.4 Å². The number of fused-ring (bicyclic) bond motifs is 1. The maximum Gasteiger partial charge on any atom is 0.340 e. The number of esters is 1. The Morgan fingerprint density at radius 3 is 2.61 bits per heavy atom. The molecule has 4 rings (SSSR count). The molecule has 0 saturated carbocycles. The summed E-state index contributed by atoms with van der Waals surface area (Å²) in [6.45, 7) is 2.22. The first-order chi connectivity index (χ1) is 14.8. The molecule has 1 aromatic rings. The van der Waals surface area contributed by atoms with Gasteiger partial charge in [0.15, 0.2) is 6.61 Å². The molecule has 1 fully saturated rings. The quantitative estimate of drug-likeness (QED) is 0.613. The van der Waals surface area contributed by atoms with E-state index in [4.69, 9.17) is 16.3 Å². The highest BCUT2D eigenvalue weighted by Gasteiger charge is 2.26. The van der Waals surface area contributed by atoms with E-state index < -0.39 is 16.0 Å². The average molecular weight is 465 g/mol. The Hall–Kier alpha value is -2.85. The number of carbonyl (C=O) groups excluding carboxylic acids is 2. The molecular weight excluding hydrogens is 444 g/mol. The van der Waals surface area contributed by atoms with Crippen LogP contribution in [-0.4, -0.2) is 81.0 Å². The number of piperazine rings is 1. The second-order valence-electron chi connectivity index (χ2n) is 7.27. The van der Waals surface area contributed by atoms with Crippen molar-refractivity contribution in [2.45, 2.75) is 0 Å². The van der Waals surface area contributed by atoms with Gasteiger partial charge in [-0.2, -0.15) is 0 Å². The third kappa shape index (κ3) is 5.08. The van der Waals surface area contributed by atoms with Gasteiger partial charge in [-0.25, -0.2) is 13.2 Å². The maximum absolute atomic E-state index is 12.5. The summed E-state index contributed by atoms with van der Waals surface area (Å²) in [6, 6.07) is 7.57. The predicted octanol–water partition coefficient (Wildman–Crippen LogP) is 1.03. The molecule has 1 amide bonds. The van der Waals surface area contributed by atoms with Gasteiger partial charge in [0.25, 0.3) is 15.9 Å². The molecule has 0 N–H and O–H groups in total. The maximum atomic E-state index is 12.5. The number of sulfonamides is 1. The van der Waals surface area contributed by atoms with Crippen molar-refractivity contribution in [2.24, 2.45) is 4.40 Å². The topological polar surface area (TPSA) is 99.6 Å². The Labute approximate surface area is 185 Å². The van der Waals surface area contributed by atoms with Crippen LogP contribution in [0.5, 0.6) is 0 Å². The number of ether oxygens (including phenoxy) is 1. The summed E-state index contributed by atoms with van der Waals surface area (Å²) in [6.07, 6.45) is 4.38. The van der Waals surface area contributed by atoms with Crippen LogP contribution in [0.1, 0.15) is 0 Å². The van der Waals surface area contributed by atoms with E-state index in [1.165, 1.54) is 18.4 Å². The first kappa shape index (κ1) is 21.4. The van der Waals surface area contributed by atoms with Gasteiger partial charge in [-0.05, 0) is 30.4 Å². The highest BCUT2D eigenvalue weighted by molar-refractivity contribution is 7.90. The fourth-order valence-corrected chi connectivity index (χ4v) is 4.66. The molecule has 11 heteroatoms. The largest absolute Gasteiger partial charge is 0.452 e. The van der Waals surface area contributed by atoms with Crippen LogP contribution in [-0.2, 0) is 24.3 Å². The molecule has 0 unspecified atom stereocenters. The van der Waals surface area contributed by atoms with Crippen molar-refractivity contribution in [1.82, 2.24) is 9.80 Å². The van der Waals surface area contributed by atoms with Gasteiger partial charge in [0.1, 0.15) is 5.84 Å². The summed E-state index contributed by atoms with van der Waals surface area (Å²) < 4.78 is 31.9. The minimum absolute atomic E-state index is 0.122. The minimum Gasteiger partial charge on any atom is -0.452 e. The third-order valence-corrected chi connectivity index (χ3v) is 6.59. The van der Waals surface area contributed by atoms with Crippen molar-refractivity contribution in [3.05, 3.63) is 53.2 Å². The van der Waals surface area contributed by atoms with Crippen molar-refractivity contribution in [3.63, 3.8) is 0 Å². The molecule has 9 nitrogen and oxygen atoms in total. The van der Waals surface area contributed by atoms with Gasteiger partial charge in [-0.3, -0.25) is 4.79 Å². The first-order valence-corrected chi connectivity index (χ1v) is 11.7. The second kappa shape index (κ2) is 8.72. The van der Waals surface area contributed by atoms with Crippen molar-refractivity contribution in [2.75, 3.05) is 50.0 Å². The molecular formula is C20H21ClN4O5S. The number of nitrogens with zero attached hydrogens (tertiary/aromatic N) is 4. The van der Waals surface area contributed by atoms with Crippen LogP contribution >= 0.6 is 11.6 Å². The molecule has 0 radical (unpaired) electrons. The zero-order chi connectivity index (χ0) is 22.0. The van der Waals surface area contributed by atoms with Crippen LogP contribution in [0.25, 0.3) is 0 Å². The number of benzene rings is 1. The van der Waals surface area contributed by atoms with Crippen molar-refractivity contribution >= 4 is 45.0 Å². The number of carbonyl (C=O) groups is 2. The summed E-state index contributed by atoms with van der Waals surface area (Å²) >= 11 is 6.04. The van der Waals surface area contributed by atoms with Gasteiger partial charge in [0, 0.05) is 49.6 Å². The van der Waals surface area contributed by atoms with E-state index >= 15 is 0 Å². The van der Waals surface area contributed by atoms with Crippen LogP contribution in [0, 0.1) is 0 Å². The average Bonchev–Trinajstić information content (AvgIpc) is 2.76. The zero-order valence-corrected chi connectivity index (χ0v) is 18.2. The summed E-state index contributed by atoms with van der Waals surface area (Å²) in [5.74, 6) is -0.764. The molecule has 3 aliphatic rings. The lowest BCUT2D eigenvalue weighted by Gasteiger charge is -2.36. The number of halogens is 1. The van der Waals surface area contributed by atoms with Crippen LogP contribution in [0.4, 0.5) is 5.69 Å². The Balaban J connectivity index is 1.27. The predicted molar refractivity (Wildman–Crippen MR) is 116 cm³/mol. The van der Waals surface area contributed by atoms with Crippen molar-refractivity contribution < 1.29 is 22.7 Å². The van der Waals surface area contributed by atoms with Crippen LogP contribution in [0.2, 0.25) is 5.02 Å². The Bertz CT molecular complexity index is 1090. The van der Waals surface area contributed by atoms with Crippen LogP contribution in [0.15, 0.2) is 52.6 Å². The molecule has 0 spiro atoms. The molecule has 3 aliphatic heterocycles. The van der Waals surface area contributed by atoms with Crippen molar-refractivity contribution in [3.8, 4) is 0 Å². The van der Waals surface area contributed by atoms with E-state index in [9.17, 15) is 18.0 Å². The minimum atomic E-state index is -3.46. The van der Waals surface area contributed by atoms with E-state index in [1.807, 2.05) is 24.3 Å². The lowest BCUT2D eigenvalue weighted by molar-refractivity contribution is -0.148. The smallest absolute Gasteiger partial charge is 0.340 e. The molecule has 1 aromatic carbocycles. The Morgan fingerprint density at radius 1 is 1.10 bits per heavy atom. The Kier molecular flexibility index (Phi) is 6.01. The summed E-state index contributed by atoms with van der Waals surface area (Å²) in [4.78, 5) is 30.2. The molecule has 0 aromatic heterocycles. The molecule has 0 aliphatic carbocycles. The number of hydrogen-bond donors (Lipinski definition) is 0. The SMILES string of the molecule is O=C(OCC(=O)N1CCN(c2cccc(Cl)c2)CC1)C1=CN2CCS(=O)(=O)N=C2C=C1. The molecule has 1 saturated heterocycles. The van der Waals surface area contributed by atoms with Gasteiger partial charge in [-0.15, -0.1) is 4.40 Å². The summed E-state index contributed by atoms with van der Waals surface area (Å²) in [7, 11) is -3.46. The number of anilines is 1. The van der Waals surface area contributed by atoms with E-state index in [2.05, 4.69) is 9.30 Å². The number of hydrogen-bond acceptors (Lipinski definition) is 7. The van der Waals surface area contributed by atoms with Crippen molar-refractivity contribution in [1.29, 1.82) is 0 Å². The molecule has 0 bridgehead atoms. The molecule has 164 valence electrons. The molecule has 31 heavy (non-hydrogen) atoms. The number of amidine groups is 1. The molecule has 0 atom stereocenters. The lowest BCUT2D eigenvalue weighted by Crippen LogP contribution is -2.50. The second-order valence-corrected chi connectivity index (χ2v) is 9.46. The first-order valence-electron chi connectivity index (χ1n) is 9.75. The normalized spacial score (nSPS) is 20.0. The van der Waals surface area contributed by atoms with Gasteiger partial charge in [0.05, 0.1) is 11.3 Å². The number of amides is 1. The molecule has 3 heterocycles. The lowest BCUT2D eigenvalue weighted by atomic mass is 10.2. The third-order valence-electron chi connectivity index (χ3n) is 5.19. The Morgan fingerprint density at radius 2 is 1.87 bits per heavy atom. The van der Waals surface area contributed by atoms with E-state index in [-0.39, 0.29) is 36.2 Å². The highest BCUT2D eigenvalue weighted by Crippen LogP contribution is 2.21. The number of rotatable bonds is 4. The van der Waals surface area contributed by atoms with E-state index in [0.717, 1.165) is 5.69 Å². The standard InChI is InChI=1S/C20H21ClN4O5S/c21-16-2-1-3-17(12-16)23-6-8-24(9-7-23)19(26)14-30-20(27)15-4-5-18-22-31(28,29)11-10-25(18)13-15/h1-5,12-13H,6-11,14H2. The van der Waals surface area contributed by atoms with E-state index in [0.29, 0.717) is 31.2 Å². The fourth-order valence-electron chi connectivity index (χ4n) is 3.51. The fraction of sp³-hybridized carbons (Fsp3) is 0.350.